The van der Waals surface area contributed by atoms with E-state index < -0.39 is 6.61 Å². The van der Waals surface area contributed by atoms with Crippen LogP contribution in [0.25, 0.3) is 0 Å². The monoisotopic (exact) mass is 378 g/mol. The highest BCUT2D eigenvalue weighted by molar-refractivity contribution is 5.50. The molecule has 1 aromatic carbocycles. The molecule has 2 aromatic rings. The molecule has 8 heteroatoms. The topological polar surface area (TPSA) is 70.5 Å². The van der Waals surface area contributed by atoms with Crippen LogP contribution in [-0.4, -0.2) is 41.4 Å². The molecule has 2 N–H and O–H groups in total. The van der Waals surface area contributed by atoms with Gasteiger partial charge in [0.25, 0.3) is 0 Å². The molecular formula is C19H24F2N4O2. The zero-order valence-electron chi connectivity index (χ0n) is 15.2. The fraction of sp³-hybridized carbons (Fsp3) is 0.474. The summed E-state index contributed by atoms with van der Waals surface area (Å²) in [6, 6.07) is 8.36. The molecule has 2 atom stereocenters. The Hall–Kier alpha value is -2.48. The van der Waals surface area contributed by atoms with Gasteiger partial charge in [0.1, 0.15) is 23.7 Å². The second-order valence-corrected chi connectivity index (χ2v) is 6.71. The average Bonchev–Trinajstić information content (AvgIpc) is 2.68. The van der Waals surface area contributed by atoms with E-state index in [1.54, 1.807) is 12.1 Å². The SMILES string of the molecule is CC(Nc1cc(N2CCCC(CO)C2)ncn1)c1ccc(OC(F)F)cc1. The summed E-state index contributed by atoms with van der Waals surface area (Å²) in [6.45, 7) is 1.02. The van der Waals surface area contributed by atoms with E-state index in [9.17, 15) is 13.9 Å². The molecule has 3 rings (SSSR count). The zero-order chi connectivity index (χ0) is 19.2. The van der Waals surface area contributed by atoms with Crippen molar-refractivity contribution in [2.75, 3.05) is 29.9 Å². The zero-order valence-corrected chi connectivity index (χ0v) is 15.2. The average molecular weight is 378 g/mol. The molecule has 0 spiro atoms. The van der Waals surface area contributed by atoms with Crippen LogP contribution in [0.1, 0.15) is 31.4 Å². The van der Waals surface area contributed by atoms with Crippen molar-refractivity contribution in [3.05, 3.63) is 42.2 Å². The van der Waals surface area contributed by atoms with E-state index in [0.29, 0.717) is 5.82 Å². The number of halogens is 2. The summed E-state index contributed by atoms with van der Waals surface area (Å²) in [6.07, 6.45) is 3.58. The number of ether oxygens (including phenoxy) is 1. The Morgan fingerprint density at radius 1 is 1.30 bits per heavy atom. The molecule has 1 aliphatic rings. The van der Waals surface area contributed by atoms with Crippen molar-refractivity contribution in [2.24, 2.45) is 5.92 Å². The van der Waals surface area contributed by atoms with E-state index >= 15 is 0 Å². The standard InChI is InChI=1S/C19H24F2N4O2/c1-13(15-4-6-16(7-5-15)27-19(20)21)24-17-9-18(23-12-22-17)25-8-2-3-14(10-25)11-26/h4-7,9,12-14,19,26H,2-3,8,10-11H2,1H3,(H,22,23,24). The van der Waals surface area contributed by atoms with Crippen LogP contribution in [0.4, 0.5) is 20.4 Å². The first-order valence-electron chi connectivity index (χ1n) is 9.04. The van der Waals surface area contributed by atoms with Crippen LogP contribution in [-0.2, 0) is 0 Å². The number of aliphatic hydroxyl groups is 1. The summed E-state index contributed by atoms with van der Waals surface area (Å²) < 4.78 is 28.8. The van der Waals surface area contributed by atoms with E-state index in [0.717, 1.165) is 37.3 Å². The second-order valence-electron chi connectivity index (χ2n) is 6.71. The Labute approximate surface area is 157 Å². The molecule has 27 heavy (non-hydrogen) atoms. The molecule has 0 radical (unpaired) electrons. The number of nitrogens with zero attached hydrogens (tertiary/aromatic N) is 3. The minimum atomic E-state index is -2.83. The number of aromatic nitrogens is 2. The van der Waals surface area contributed by atoms with E-state index in [1.807, 2.05) is 13.0 Å². The fourth-order valence-electron chi connectivity index (χ4n) is 3.26. The number of piperidine rings is 1. The number of hydrogen-bond acceptors (Lipinski definition) is 6. The predicted molar refractivity (Wildman–Crippen MR) is 99.2 cm³/mol. The lowest BCUT2D eigenvalue weighted by Crippen LogP contribution is -2.37. The highest BCUT2D eigenvalue weighted by Gasteiger charge is 2.20. The van der Waals surface area contributed by atoms with E-state index in [4.69, 9.17) is 0 Å². The van der Waals surface area contributed by atoms with Crippen LogP contribution in [0.3, 0.4) is 0 Å². The predicted octanol–water partition coefficient (Wildman–Crippen LogP) is 3.46. The van der Waals surface area contributed by atoms with Gasteiger partial charge >= 0.3 is 6.61 Å². The molecule has 0 aliphatic carbocycles. The number of rotatable bonds is 7. The number of benzene rings is 1. The van der Waals surface area contributed by atoms with Gasteiger partial charge in [0.15, 0.2) is 0 Å². The minimum absolute atomic E-state index is 0.0695. The molecule has 1 aromatic heterocycles. The number of nitrogens with one attached hydrogen (secondary N) is 1. The van der Waals surface area contributed by atoms with Crippen molar-refractivity contribution in [2.45, 2.75) is 32.4 Å². The normalized spacial score (nSPS) is 18.4. The van der Waals surface area contributed by atoms with E-state index in [-0.39, 0.29) is 24.3 Å². The van der Waals surface area contributed by atoms with Gasteiger partial charge in [-0.25, -0.2) is 9.97 Å². The van der Waals surface area contributed by atoms with Crippen LogP contribution in [0.2, 0.25) is 0 Å². The third kappa shape index (κ3) is 5.26. The summed E-state index contributed by atoms with van der Waals surface area (Å²) in [5.74, 6) is 1.93. The number of aliphatic hydroxyl groups excluding tert-OH is 1. The number of alkyl halides is 2. The minimum Gasteiger partial charge on any atom is -0.435 e. The lowest BCUT2D eigenvalue weighted by Gasteiger charge is -2.32. The van der Waals surface area contributed by atoms with Crippen molar-refractivity contribution in [1.82, 2.24) is 9.97 Å². The van der Waals surface area contributed by atoms with Crippen LogP contribution in [0.15, 0.2) is 36.7 Å². The van der Waals surface area contributed by atoms with Crippen molar-refractivity contribution in [3.63, 3.8) is 0 Å². The Balaban J connectivity index is 1.65. The van der Waals surface area contributed by atoms with Gasteiger partial charge in [-0.1, -0.05) is 12.1 Å². The second kappa shape index (κ2) is 8.94. The molecular weight excluding hydrogens is 354 g/mol. The van der Waals surface area contributed by atoms with Crippen molar-refractivity contribution in [3.8, 4) is 5.75 Å². The molecule has 1 fully saturated rings. The van der Waals surface area contributed by atoms with Gasteiger partial charge in [0, 0.05) is 31.8 Å². The Kier molecular flexibility index (Phi) is 6.39. The van der Waals surface area contributed by atoms with Crippen molar-refractivity contribution >= 4 is 11.6 Å². The molecule has 1 saturated heterocycles. The molecule has 2 heterocycles. The maximum atomic E-state index is 12.2. The third-order valence-corrected chi connectivity index (χ3v) is 4.72. The van der Waals surface area contributed by atoms with E-state index in [1.165, 1.54) is 18.5 Å². The fourth-order valence-corrected chi connectivity index (χ4v) is 3.26. The van der Waals surface area contributed by atoms with Crippen LogP contribution < -0.4 is 15.0 Å². The molecule has 0 saturated carbocycles. The highest BCUT2D eigenvalue weighted by atomic mass is 19.3. The third-order valence-electron chi connectivity index (χ3n) is 4.72. The molecule has 1 aliphatic heterocycles. The first-order valence-corrected chi connectivity index (χ1v) is 9.04. The largest absolute Gasteiger partial charge is 0.435 e. The van der Waals surface area contributed by atoms with Crippen molar-refractivity contribution < 1.29 is 18.6 Å². The van der Waals surface area contributed by atoms with E-state index in [2.05, 4.69) is 24.9 Å². The summed E-state index contributed by atoms with van der Waals surface area (Å²) in [5, 5.41) is 12.7. The molecule has 146 valence electrons. The lowest BCUT2D eigenvalue weighted by atomic mass is 9.99. The van der Waals surface area contributed by atoms with Crippen LogP contribution in [0.5, 0.6) is 5.75 Å². The van der Waals surface area contributed by atoms with Crippen LogP contribution >= 0.6 is 0 Å². The lowest BCUT2D eigenvalue weighted by molar-refractivity contribution is -0.0498. The van der Waals surface area contributed by atoms with Crippen LogP contribution in [0, 0.1) is 5.92 Å². The Morgan fingerprint density at radius 2 is 2.07 bits per heavy atom. The van der Waals surface area contributed by atoms with Gasteiger partial charge in [-0.05, 0) is 43.4 Å². The molecule has 6 nitrogen and oxygen atoms in total. The smallest absolute Gasteiger partial charge is 0.387 e. The summed E-state index contributed by atoms with van der Waals surface area (Å²) in [5.41, 5.74) is 0.926. The Morgan fingerprint density at radius 3 is 2.78 bits per heavy atom. The van der Waals surface area contributed by atoms with Gasteiger partial charge in [0.05, 0.1) is 0 Å². The van der Waals surface area contributed by atoms with Gasteiger partial charge in [0.2, 0.25) is 0 Å². The molecule has 2 unspecified atom stereocenters. The molecule has 0 bridgehead atoms. The van der Waals surface area contributed by atoms with Crippen molar-refractivity contribution in [1.29, 1.82) is 0 Å². The van der Waals surface area contributed by atoms with Gasteiger partial charge in [-0.3, -0.25) is 0 Å². The quantitative estimate of drug-likeness (QED) is 0.769. The Bertz CT molecular complexity index is 730. The van der Waals surface area contributed by atoms with Gasteiger partial charge < -0.3 is 20.1 Å². The number of hydrogen-bond donors (Lipinski definition) is 2. The maximum Gasteiger partial charge on any atom is 0.387 e. The highest BCUT2D eigenvalue weighted by Crippen LogP contribution is 2.25. The number of anilines is 2. The molecule has 0 amide bonds. The maximum absolute atomic E-state index is 12.2. The van der Waals surface area contributed by atoms with Gasteiger partial charge in [-0.15, -0.1) is 0 Å². The summed E-state index contributed by atoms with van der Waals surface area (Å²) in [7, 11) is 0. The summed E-state index contributed by atoms with van der Waals surface area (Å²) >= 11 is 0. The first kappa shape index (κ1) is 19.3. The van der Waals surface area contributed by atoms with Gasteiger partial charge in [-0.2, -0.15) is 8.78 Å². The summed E-state index contributed by atoms with van der Waals surface area (Å²) in [4.78, 5) is 10.8. The first-order chi connectivity index (χ1) is 13.0.